The zero-order valence-corrected chi connectivity index (χ0v) is 14.3. The van der Waals surface area contributed by atoms with Crippen LogP contribution in [-0.4, -0.2) is 32.3 Å². The molecule has 0 aromatic heterocycles. The lowest BCUT2D eigenvalue weighted by atomic mass is 10.2. The molecule has 0 aliphatic carbocycles. The number of rotatable bonds is 8. The number of benzene rings is 1. The molecule has 0 saturated heterocycles. The fraction of sp³-hybridized carbons (Fsp3) is 0.529. The van der Waals surface area contributed by atoms with Crippen molar-refractivity contribution in [2.24, 2.45) is 4.99 Å². The summed E-state index contributed by atoms with van der Waals surface area (Å²) in [5.41, 5.74) is 1.78. The highest BCUT2D eigenvalue weighted by atomic mass is 16.5. The van der Waals surface area contributed by atoms with Crippen LogP contribution in [0, 0.1) is 0 Å². The van der Waals surface area contributed by atoms with E-state index in [9.17, 15) is 4.79 Å². The third kappa shape index (κ3) is 8.09. The van der Waals surface area contributed by atoms with Gasteiger partial charge < -0.3 is 15.4 Å². The number of nitrogens with zero attached hydrogens (tertiary/aromatic N) is 1. The number of anilines is 1. The number of amides is 1. The van der Waals surface area contributed by atoms with Gasteiger partial charge in [-0.25, -0.2) is 9.79 Å². The van der Waals surface area contributed by atoms with E-state index in [1.807, 2.05) is 24.3 Å². The van der Waals surface area contributed by atoms with Crippen molar-refractivity contribution in [3.63, 3.8) is 0 Å². The Morgan fingerprint density at radius 3 is 2.48 bits per heavy atom. The predicted octanol–water partition coefficient (Wildman–Crippen LogP) is 3.11. The summed E-state index contributed by atoms with van der Waals surface area (Å²) in [7, 11) is 1.34. The first kappa shape index (κ1) is 18.8. The average molecular weight is 320 g/mol. The summed E-state index contributed by atoms with van der Waals surface area (Å²) >= 11 is 0. The molecule has 0 bridgehead atoms. The van der Waals surface area contributed by atoms with Crippen LogP contribution in [0.15, 0.2) is 29.3 Å². The molecule has 1 amide bonds. The number of nitrogens with one attached hydrogen (secondary N) is 3. The minimum atomic E-state index is -0.471. The van der Waals surface area contributed by atoms with Crippen LogP contribution in [0.25, 0.3) is 0 Å². The molecule has 0 atom stereocenters. The third-order valence-electron chi connectivity index (χ3n) is 3.22. The molecule has 0 unspecified atom stereocenters. The van der Waals surface area contributed by atoms with Crippen molar-refractivity contribution in [3.8, 4) is 0 Å². The van der Waals surface area contributed by atoms with Crippen molar-refractivity contribution in [3.05, 3.63) is 29.8 Å². The average Bonchev–Trinajstić information content (AvgIpc) is 2.57. The monoisotopic (exact) mass is 320 g/mol. The van der Waals surface area contributed by atoms with Crippen LogP contribution in [0.4, 0.5) is 10.5 Å². The SMILES string of the molecule is CCCCCNC(=NCc1ccc(NC(=O)OC)cc1)NCC. The molecule has 1 rings (SSSR count). The Bertz CT molecular complexity index is 486. The standard InChI is InChI=1S/C17H28N4O2/c1-4-6-7-12-19-16(18-5-2)20-13-14-8-10-15(11-9-14)21-17(22)23-3/h8-11H,4-7,12-13H2,1-3H3,(H,21,22)(H2,18,19,20). The second-order valence-electron chi connectivity index (χ2n) is 5.14. The smallest absolute Gasteiger partial charge is 0.411 e. The van der Waals surface area contributed by atoms with E-state index < -0.39 is 6.09 Å². The summed E-state index contributed by atoms with van der Waals surface area (Å²) in [4.78, 5) is 15.7. The van der Waals surface area contributed by atoms with Crippen molar-refractivity contribution in [2.45, 2.75) is 39.7 Å². The number of carbonyl (C=O) groups is 1. The van der Waals surface area contributed by atoms with Gasteiger partial charge in [0, 0.05) is 18.8 Å². The summed E-state index contributed by atoms with van der Waals surface area (Å²) in [6.45, 7) is 6.60. The van der Waals surface area contributed by atoms with Crippen molar-refractivity contribution >= 4 is 17.7 Å². The Morgan fingerprint density at radius 2 is 1.87 bits per heavy atom. The molecular formula is C17H28N4O2. The molecule has 0 aliphatic heterocycles. The zero-order valence-electron chi connectivity index (χ0n) is 14.3. The lowest BCUT2D eigenvalue weighted by molar-refractivity contribution is 0.187. The van der Waals surface area contributed by atoms with E-state index in [0.717, 1.165) is 31.0 Å². The van der Waals surface area contributed by atoms with E-state index in [1.165, 1.54) is 20.0 Å². The second kappa shape index (κ2) is 11.3. The molecule has 6 nitrogen and oxygen atoms in total. The Balaban J connectivity index is 2.52. The largest absolute Gasteiger partial charge is 0.453 e. The van der Waals surface area contributed by atoms with Gasteiger partial charge >= 0.3 is 6.09 Å². The first-order valence-electron chi connectivity index (χ1n) is 8.15. The van der Waals surface area contributed by atoms with Gasteiger partial charge in [0.1, 0.15) is 0 Å². The summed E-state index contributed by atoms with van der Waals surface area (Å²) in [5.74, 6) is 0.834. The van der Waals surface area contributed by atoms with E-state index in [-0.39, 0.29) is 0 Å². The van der Waals surface area contributed by atoms with Gasteiger partial charge in [-0.15, -0.1) is 0 Å². The first-order valence-corrected chi connectivity index (χ1v) is 8.15. The van der Waals surface area contributed by atoms with Crippen LogP contribution in [0.3, 0.4) is 0 Å². The number of guanidine groups is 1. The topological polar surface area (TPSA) is 74.8 Å². The van der Waals surface area contributed by atoms with Crippen LogP contribution in [0.1, 0.15) is 38.7 Å². The molecule has 0 saturated carbocycles. The Morgan fingerprint density at radius 1 is 1.13 bits per heavy atom. The van der Waals surface area contributed by atoms with Crippen molar-refractivity contribution in [2.75, 3.05) is 25.5 Å². The Kier molecular flexibility index (Phi) is 9.28. The van der Waals surface area contributed by atoms with Crippen molar-refractivity contribution < 1.29 is 9.53 Å². The summed E-state index contributed by atoms with van der Waals surface area (Å²) < 4.78 is 4.56. The van der Waals surface area contributed by atoms with Crippen LogP contribution in [-0.2, 0) is 11.3 Å². The quantitative estimate of drug-likeness (QED) is 0.391. The maximum absolute atomic E-state index is 11.1. The molecule has 0 fully saturated rings. The fourth-order valence-corrected chi connectivity index (χ4v) is 1.96. The van der Waals surface area contributed by atoms with Gasteiger partial charge in [0.2, 0.25) is 0 Å². The van der Waals surface area contributed by atoms with E-state index in [4.69, 9.17) is 0 Å². The highest BCUT2D eigenvalue weighted by Gasteiger charge is 2.01. The van der Waals surface area contributed by atoms with Gasteiger partial charge in [0.25, 0.3) is 0 Å². The van der Waals surface area contributed by atoms with Gasteiger partial charge in [-0.2, -0.15) is 0 Å². The zero-order chi connectivity index (χ0) is 16.9. The number of aliphatic imine (C=N–C) groups is 1. The maximum Gasteiger partial charge on any atom is 0.411 e. The molecule has 128 valence electrons. The van der Waals surface area contributed by atoms with Crippen LogP contribution in [0.5, 0.6) is 0 Å². The Hall–Kier alpha value is -2.24. The van der Waals surface area contributed by atoms with E-state index in [1.54, 1.807) is 0 Å². The number of unbranched alkanes of at least 4 members (excludes halogenated alkanes) is 2. The molecule has 0 radical (unpaired) electrons. The summed E-state index contributed by atoms with van der Waals surface area (Å²) in [5, 5.41) is 9.20. The molecule has 23 heavy (non-hydrogen) atoms. The first-order chi connectivity index (χ1) is 11.2. The van der Waals surface area contributed by atoms with Gasteiger partial charge in [0.05, 0.1) is 13.7 Å². The normalized spacial score (nSPS) is 11.0. The van der Waals surface area contributed by atoms with Crippen LogP contribution in [0.2, 0.25) is 0 Å². The Labute approximate surface area is 138 Å². The second-order valence-corrected chi connectivity index (χ2v) is 5.14. The van der Waals surface area contributed by atoms with E-state index in [2.05, 4.69) is 39.5 Å². The minimum Gasteiger partial charge on any atom is -0.453 e. The van der Waals surface area contributed by atoms with Gasteiger partial charge in [-0.1, -0.05) is 31.9 Å². The highest BCUT2D eigenvalue weighted by Crippen LogP contribution is 2.10. The summed E-state index contributed by atoms with van der Waals surface area (Å²) in [6.07, 6.45) is 3.11. The fourth-order valence-electron chi connectivity index (χ4n) is 1.96. The molecular weight excluding hydrogens is 292 g/mol. The van der Waals surface area contributed by atoms with Gasteiger partial charge in [-0.3, -0.25) is 5.32 Å². The van der Waals surface area contributed by atoms with E-state index in [0.29, 0.717) is 12.2 Å². The van der Waals surface area contributed by atoms with Gasteiger partial charge in [0.15, 0.2) is 5.96 Å². The maximum atomic E-state index is 11.1. The molecule has 1 aromatic carbocycles. The van der Waals surface area contributed by atoms with Crippen LogP contribution >= 0.6 is 0 Å². The predicted molar refractivity (Wildman–Crippen MR) is 94.8 cm³/mol. The molecule has 3 N–H and O–H groups in total. The van der Waals surface area contributed by atoms with Crippen molar-refractivity contribution in [1.82, 2.24) is 10.6 Å². The van der Waals surface area contributed by atoms with E-state index >= 15 is 0 Å². The number of hydrogen-bond donors (Lipinski definition) is 3. The molecule has 6 heteroatoms. The van der Waals surface area contributed by atoms with Crippen molar-refractivity contribution in [1.29, 1.82) is 0 Å². The third-order valence-corrected chi connectivity index (χ3v) is 3.22. The number of ether oxygens (including phenoxy) is 1. The minimum absolute atomic E-state index is 0.471. The lowest BCUT2D eigenvalue weighted by Crippen LogP contribution is -2.37. The van der Waals surface area contributed by atoms with Crippen LogP contribution < -0.4 is 16.0 Å². The summed E-state index contributed by atoms with van der Waals surface area (Å²) in [6, 6.07) is 7.55. The highest BCUT2D eigenvalue weighted by molar-refractivity contribution is 5.84. The number of carbonyl (C=O) groups excluding carboxylic acids is 1. The number of methoxy groups -OCH3 is 1. The molecule has 1 aromatic rings. The molecule has 0 heterocycles. The number of hydrogen-bond acceptors (Lipinski definition) is 3. The lowest BCUT2D eigenvalue weighted by Gasteiger charge is -2.11. The molecule has 0 aliphatic rings. The van der Waals surface area contributed by atoms with Gasteiger partial charge in [-0.05, 0) is 31.0 Å². The molecule has 0 spiro atoms.